The number of carbonyl (C=O) groups excluding carboxylic acids is 2. The molecule has 0 heterocycles. The van der Waals surface area contributed by atoms with Crippen LogP contribution in [0.2, 0.25) is 0 Å². The minimum Gasteiger partial charge on any atom is -0.463 e. The van der Waals surface area contributed by atoms with Gasteiger partial charge < -0.3 is 25.8 Å². The van der Waals surface area contributed by atoms with Crippen LogP contribution >= 0.6 is 0 Å². The number of hydrogen-bond acceptors (Lipinski definition) is 7. The molecule has 0 amide bonds. The second kappa shape index (κ2) is 6.49. The van der Waals surface area contributed by atoms with E-state index in [0.29, 0.717) is 0 Å². The Morgan fingerprint density at radius 1 is 1.38 bits per heavy atom. The third-order valence-corrected chi connectivity index (χ3v) is 0.747. The summed E-state index contributed by atoms with van der Waals surface area (Å²) in [4.78, 5) is 19.8. The van der Waals surface area contributed by atoms with E-state index in [4.69, 9.17) is 15.3 Å². The van der Waals surface area contributed by atoms with Crippen molar-refractivity contribution in [1.29, 1.82) is 0 Å². The lowest BCUT2D eigenvalue weighted by Crippen LogP contribution is -2.36. The number of hydrogen-bond donors (Lipinski definition) is 4. The van der Waals surface area contributed by atoms with Crippen LogP contribution in [0.25, 0.3) is 0 Å². The van der Waals surface area contributed by atoms with Crippen molar-refractivity contribution in [3.8, 4) is 0 Å². The van der Waals surface area contributed by atoms with Crippen LogP contribution in [-0.2, 0) is 14.3 Å². The third kappa shape index (κ3) is 13.9. The highest BCUT2D eigenvalue weighted by atomic mass is 16.7. The quantitative estimate of drug-likeness (QED) is 0.214. The first-order valence-electron chi connectivity index (χ1n) is 3.20. The van der Waals surface area contributed by atoms with E-state index in [2.05, 4.69) is 10.5 Å². The van der Waals surface area contributed by atoms with E-state index in [9.17, 15) is 9.59 Å². The first kappa shape index (κ1) is 14.5. The number of methoxy groups -OCH3 is 1. The molecule has 78 valence electrons. The number of ketones is 1. The Hall–Kier alpha value is -1.02. The van der Waals surface area contributed by atoms with Crippen molar-refractivity contribution >= 4 is 11.8 Å². The van der Waals surface area contributed by atoms with E-state index < -0.39 is 24.3 Å². The summed E-state index contributed by atoms with van der Waals surface area (Å²) in [7, 11) is 1.17. The van der Waals surface area contributed by atoms with Gasteiger partial charge in [-0.3, -0.25) is 4.79 Å². The molecule has 13 heavy (non-hydrogen) atoms. The largest absolute Gasteiger partial charge is 0.463 e. The number of rotatable bonds is 2. The molecule has 0 aromatic carbocycles. The molecule has 0 saturated heterocycles. The fourth-order valence-corrected chi connectivity index (χ4v) is 0.144. The van der Waals surface area contributed by atoms with Gasteiger partial charge in [0.15, 0.2) is 0 Å². The van der Waals surface area contributed by atoms with Crippen LogP contribution in [-0.4, -0.2) is 46.7 Å². The normalized spacial score (nSPS) is 9.69. The third-order valence-electron chi connectivity index (χ3n) is 0.747. The average Bonchev–Trinajstić information content (AvgIpc) is 2.02. The zero-order chi connectivity index (χ0) is 11.1. The number of carbonyl (C=O) groups is 2. The summed E-state index contributed by atoms with van der Waals surface area (Å²) in [6, 6.07) is 0. The van der Waals surface area contributed by atoms with Gasteiger partial charge in [-0.2, -0.15) is 0 Å². The van der Waals surface area contributed by atoms with Gasteiger partial charge in [0.1, 0.15) is 0 Å². The fourth-order valence-electron chi connectivity index (χ4n) is 0.144. The van der Waals surface area contributed by atoms with Crippen molar-refractivity contribution in [2.24, 2.45) is 5.73 Å². The van der Waals surface area contributed by atoms with Crippen molar-refractivity contribution in [3.05, 3.63) is 0 Å². The van der Waals surface area contributed by atoms with Gasteiger partial charge in [-0.25, -0.2) is 4.79 Å². The van der Waals surface area contributed by atoms with Crippen molar-refractivity contribution in [2.45, 2.75) is 12.9 Å². The van der Waals surface area contributed by atoms with Crippen LogP contribution in [0.3, 0.4) is 0 Å². The topological polar surface area (TPSA) is 130 Å². The summed E-state index contributed by atoms with van der Waals surface area (Å²) in [6.07, 6.45) is 0. The van der Waals surface area contributed by atoms with Crippen LogP contribution in [0, 0.1) is 0 Å². The Morgan fingerprint density at radius 2 is 1.69 bits per heavy atom. The zero-order valence-corrected chi connectivity index (χ0v) is 7.35. The van der Waals surface area contributed by atoms with E-state index in [-0.39, 0.29) is 0 Å². The Bertz CT molecular complexity index is 172. The van der Waals surface area contributed by atoms with Crippen LogP contribution in [0.15, 0.2) is 0 Å². The minimum absolute atomic E-state index is 0.562. The molecule has 0 atom stereocenters. The molecule has 0 aliphatic rings. The van der Waals surface area contributed by atoms with Crippen LogP contribution < -0.4 is 5.73 Å². The van der Waals surface area contributed by atoms with Gasteiger partial charge in [0.2, 0.25) is 5.78 Å². The highest BCUT2D eigenvalue weighted by Gasteiger charge is 2.12. The molecule has 0 aromatic heterocycles. The smallest absolute Gasteiger partial charge is 0.374 e. The maximum absolute atomic E-state index is 9.94. The van der Waals surface area contributed by atoms with Gasteiger partial charge in [0.25, 0.3) is 5.97 Å². The monoisotopic (exact) mass is 195 g/mol. The summed E-state index contributed by atoms with van der Waals surface area (Å²) in [5.41, 5.74) is 4.56. The molecule has 0 unspecified atom stereocenters. The molecular formula is C6H13NO6. The van der Waals surface area contributed by atoms with Crippen LogP contribution in [0.4, 0.5) is 0 Å². The van der Waals surface area contributed by atoms with Gasteiger partial charge >= 0.3 is 5.97 Å². The standard InChI is InChI=1S/C4H6O3.C2H7NO3/c1-3(5)4(6)7-2;3-1-2(4,5)6/h1-2H3;4-6H,1,3H2. The van der Waals surface area contributed by atoms with Gasteiger partial charge in [-0.15, -0.1) is 0 Å². The first-order chi connectivity index (χ1) is 5.74. The van der Waals surface area contributed by atoms with Gasteiger partial charge in [-0.05, 0) is 0 Å². The predicted octanol–water partition coefficient (Wildman–Crippen LogP) is -2.68. The summed E-state index contributed by atoms with van der Waals surface area (Å²) in [5, 5.41) is 23.4. The molecule has 0 bridgehead atoms. The molecular weight excluding hydrogens is 182 g/mol. The van der Waals surface area contributed by atoms with Crippen molar-refractivity contribution in [1.82, 2.24) is 0 Å². The van der Waals surface area contributed by atoms with E-state index in [0.717, 1.165) is 6.92 Å². The molecule has 0 radical (unpaired) electrons. The number of esters is 1. The van der Waals surface area contributed by atoms with Crippen molar-refractivity contribution < 1.29 is 29.6 Å². The lowest BCUT2D eigenvalue weighted by molar-refractivity contribution is -0.302. The lowest BCUT2D eigenvalue weighted by Gasteiger charge is -2.07. The van der Waals surface area contributed by atoms with E-state index in [1.165, 1.54) is 7.11 Å². The lowest BCUT2D eigenvalue weighted by atomic mass is 10.5. The van der Waals surface area contributed by atoms with Crippen LogP contribution in [0.5, 0.6) is 0 Å². The molecule has 0 rings (SSSR count). The molecule has 0 aliphatic heterocycles. The molecule has 0 aromatic rings. The maximum Gasteiger partial charge on any atom is 0.374 e. The Morgan fingerprint density at radius 3 is 1.69 bits per heavy atom. The molecule has 0 fully saturated rings. The molecule has 7 heteroatoms. The second-order valence-corrected chi connectivity index (χ2v) is 2.03. The molecule has 0 saturated carbocycles. The summed E-state index contributed by atoms with van der Waals surface area (Å²) >= 11 is 0. The number of aliphatic hydroxyl groups is 3. The number of nitrogens with two attached hydrogens (primary N) is 1. The van der Waals surface area contributed by atoms with Gasteiger partial charge in [0.05, 0.1) is 13.7 Å². The van der Waals surface area contributed by atoms with Crippen LogP contribution in [0.1, 0.15) is 6.92 Å². The second-order valence-electron chi connectivity index (χ2n) is 2.03. The van der Waals surface area contributed by atoms with E-state index in [1.54, 1.807) is 0 Å². The van der Waals surface area contributed by atoms with Crippen molar-refractivity contribution in [2.75, 3.05) is 13.7 Å². The Labute approximate surface area is 74.7 Å². The molecule has 0 aliphatic carbocycles. The SMILES string of the molecule is COC(=O)C(C)=O.NCC(O)(O)O. The number of ether oxygens (including phenoxy) is 1. The fraction of sp³-hybridized carbons (Fsp3) is 0.667. The van der Waals surface area contributed by atoms with E-state index >= 15 is 0 Å². The zero-order valence-electron chi connectivity index (χ0n) is 7.35. The first-order valence-corrected chi connectivity index (χ1v) is 3.20. The summed E-state index contributed by atoms with van der Waals surface area (Å²) in [5.74, 6) is -4.04. The molecule has 5 N–H and O–H groups in total. The summed E-state index contributed by atoms with van der Waals surface area (Å²) in [6.45, 7) is 0.596. The van der Waals surface area contributed by atoms with Gasteiger partial charge in [0, 0.05) is 6.92 Å². The summed E-state index contributed by atoms with van der Waals surface area (Å²) < 4.78 is 4.02. The highest BCUT2D eigenvalue weighted by molar-refractivity contribution is 6.32. The number of Topliss-reactive ketones (excluding diaryl/α,β-unsaturated/α-hetero) is 1. The van der Waals surface area contributed by atoms with E-state index in [1.807, 2.05) is 0 Å². The Balaban J connectivity index is 0. The maximum atomic E-state index is 9.94. The predicted molar refractivity (Wildman–Crippen MR) is 41.1 cm³/mol. The average molecular weight is 195 g/mol. The molecule has 7 nitrogen and oxygen atoms in total. The highest BCUT2D eigenvalue weighted by Crippen LogP contribution is 1.82. The minimum atomic E-state index is -2.68. The molecule has 0 spiro atoms. The Kier molecular flexibility index (Phi) is 7.24. The van der Waals surface area contributed by atoms with Crippen molar-refractivity contribution in [3.63, 3.8) is 0 Å². The van der Waals surface area contributed by atoms with Gasteiger partial charge in [-0.1, -0.05) is 0 Å².